The summed E-state index contributed by atoms with van der Waals surface area (Å²) in [5.74, 6) is -1.92. The molecule has 0 spiro atoms. The lowest BCUT2D eigenvalue weighted by Crippen LogP contribution is -2.32. The zero-order valence-electron chi connectivity index (χ0n) is 12.4. The van der Waals surface area contributed by atoms with Crippen LogP contribution in [0.3, 0.4) is 0 Å². The molecule has 0 unspecified atom stereocenters. The van der Waals surface area contributed by atoms with E-state index < -0.39 is 11.6 Å². The first-order valence-electron chi connectivity index (χ1n) is 7.07. The molecule has 5 heteroatoms. The first-order valence-corrected chi connectivity index (χ1v) is 7.07. The minimum Gasteiger partial charge on any atom is -0.328 e. The molecule has 22 heavy (non-hydrogen) atoms. The highest BCUT2D eigenvalue weighted by Gasteiger charge is 2.10. The number of carbonyl (C=O) groups is 1. The summed E-state index contributed by atoms with van der Waals surface area (Å²) in [6.07, 6.45) is 1.70. The lowest BCUT2D eigenvalue weighted by molar-refractivity contribution is 0.222. The lowest BCUT2D eigenvalue weighted by Gasteiger charge is -2.18. The standard InChI is InChI=1S/C17H18F2N2O/c1-21(11-5-8-13-6-3-2-4-7-13)17(22)20-14-9-10-15(18)16(19)12-14/h2-4,6-7,9-10,12H,5,8,11H2,1H3,(H,20,22). The second kappa shape index (κ2) is 7.54. The van der Waals surface area contributed by atoms with Gasteiger partial charge in [-0.15, -0.1) is 0 Å². The molecule has 0 radical (unpaired) electrons. The summed E-state index contributed by atoms with van der Waals surface area (Å²) >= 11 is 0. The smallest absolute Gasteiger partial charge is 0.321 e. The van der Waals surface area contributed by atoms with Crippen LogP contribution in [0.5, 0.6) is 0 Å². The highest BCUT2D eigenvalue weighted by atomic mass is 19.2. The van der Waals surface area contributed by atoms with Crippen molar-refractivity contribution in [2.75, 3.05) is 18.9 Å². The van der Waals surface area contributed by atoms with E-state index in [0.717, 1.165) is 25.0 Å². The number of nitrogens with zero attached hydrogens (tertiary/aromatic N) is 1. The van der Waals surface area contributed by atoms with Gasteiger partial charge in [-0.05, 0) is 30.5 Å². The van der Waals surface area contributed by atoms with Crippen LogP contribution in [0.15, 0.2) is 48.5 Å². The van der Waals surface area contributed by atoms with Gasteiger partial charge in [-0.25, -0.2) is 13.6 Å². The van der Waals surface area contributed by atoms with Gasteiger partial charge in [-0.1, -0.05) is 30.3 Å². The van der Waals surface area contributed by atoms with Crippen molar-refractivity contribution in [2.45, 2.75) is 12.8 Å². The van der Waals surface area contributed by atoms with Crippen LogP contribution in [0.4, 0.5) is 19.3 Å². The van der Waals surface area contributed by atoms with Crippen LogP contribution in [-0.4, -0.2) is 24.5 Å². The van der Waals surface area contributed by atoms with Crippen LogP contribution in [0.1, 0.15) is 12.0 Å². The van der Waals surface area contributed by atoms with Crippen molar-refractivity contribution in [3.8, 4) is 0 Å². The fourth-order valence-corrected chi connectivity index (χ4v) is 2.06. The summed E-state index contributed by atoms with van der Waals surface area (Å²) in [5.41, 5.74) is 1.45. The third-order valence-corrected chi connectivity index (χ3v) is 3.32. The molecule has 2 rings (SSSR count). The number of benzene rings is 2. The molecule has 0 aromatic heterocycles. The number of hydrogen-bond acceptors (Lipinski definition) is 1. The summed E-state index contributed by atoms with van der Waals surface area (Å²) < 4.78 is 25.9. The topological polar surface area (TPSA) is 32.3 Å². The molecule has 0 fully saturated rings. The second-order valence-electron chi connectivity index (χ2n) is 5.07. The Balaban J connectivity index is 1.80. The average molecular weight is 304 g/mol. The van der Waals surface area contributed by atoms with E-state index in [2.05, 4.69) is 5.32 Å². The molecule has 2 aromatic rings. The fourth-order valence-electron chi connectivity index (χ4n) is 2.06. The Bertz CT molecular complexity index is 632. The van der Waals surface area contributed by atoms with Crippen molar-refractivity contribution in [1.82, 2.24) is 4.90 Å². The monoisotopic (exact) mass is 304 g/mol. The summed E-state index contributed by atoms with van der Waals surface area (Å²) in [4.78, 5) is 13.5. The van der Waals surface area contributed by atoms with E-state index in [0.29, 0.717) is 6.54 Å². The number of amides is 2. The number of carbonyl (C=O) groups excluding carboxylic acids is 1. The van der Waals surface area contributed by atoms with E-state index in [-0.39, 0.29) is 11.7 Å². The van der Waals surface area contributed by atoms with Crippen molar-refractivity contribution < 1.29 is 13.6 Å². The quantitative estimate of drug-likeness (QED) is 0.887. The number of urea groups is 1. The van der Waals surface area contributed by atoms with Gasteiger partial charge in [-0.2, -0.15) is 0 Å². The van der Waals surface area contributed by atoms with E-state index in [1.807, 2.05) is 30.3 Å². The Morgan fingerprint density at radius 2 is 1.82 bits per heavy atom. The Morgan fingerprint density at radius 3 is 2.50 bits per heavy atom. The molecule has 3 nitrogen and oxygen atoms in total. The van der Waals surface area contributed by atoms with Crippen LogP contribution in [-0.2, 0) is 6.42 Å². The molecule has 2 aromatic carbocycles. The normalized spacial score (nSPS) is 10.3. The third kappa shape index (κ3) is 4.55. The van der Waals surface area contributed by atoms with Gasteiger partial charge < -0.3 is 10.2 Å². The van der Waals surface area contributed by atoms with E-state index in [1.165, 1.54) is 16.5 Å². The Morgan fingerprint density at radius 1 is 1.09 bits per heavy atom. The molecule has 2 amide bonds. The maximum absolute atomic E-state index is 13.1. The zero-order chi connectivity index (χ0) is 15.9. The van der Waals surface area contributed by atoms with E-state index in [9.17, 15) is 13.6 Å². The van der Waals surface area contributed by atoms with Crippen molar-refractivity contribution >= 4 is 11.7 Å². The average Bonchev–Trinajstić information content (AvgIpc) is 2.52. The Hall–Kier alpha value is -2.43. The molecule has 0 aliphatic rings. The van der Waals surface area contributed by atoms with Gasteiger partial charge in [0.15, 0.2) is 11.6 Å². The van der Waals surface area contributed by atoms with Crippen LogP contribution in [0.25, 0.3) is 0 Å². The van der Waals surface area contributed by atoms with Gasteiger partial charge >= 0.3 is 6.03 Å². The second-order valence-corrected chi connectivity index (χ2v) is 5.07. The first-order chi connectivity index (χ1) is 10.6. The largest absolute Gasteiger partial charge is 0.328 e. The van der Waals surface area contributed by atoms with Gasteiger partial charge in [-0.3, -0.25) is 0 Å². The predicted octanol–water partition coefficient (Wildman–Crippen LogP) is 4.06. The Labute approximate surface area is 128 Å². The number of anilines is 1. The first kappa shape index (κ1) is 15.9. The summed E-state index contributed by atoms with van der Waals surface area (Å²) in [7, 11) is 1.67. The molecule has 0 saturated heterocycles. The minimum atomic E-state index is -0.982. The minimum absolute atomic E-state index is 0.235. The van der Waals surface area contributed by atoms with Crippen LogP contribution < -0.4 is 5.32 Å². The summed E-state index contributed by atoms with van der Waals surface area (Å²) in [6.45, 7) is 0.574. The van der Waals surface area contributed by atoms with Gasteiger partial charge in [0.05, 0.1) is 0 Å². The van der Waals surface area contributed by atoms with Gasteiger partial charge in [0.2, 0.25) is 0 Å². The summed E-state index contributed by atoms with van der Waals surface area (Å²) in [5, 5.41) is 2.54. The van der Waals surface area contributed by atoms with Crippen molar-refractivity contribution in [3.05, 3.63) is 65.7 Å². The van der Waals surface area contributed by atoms with Crippen molar-refractivity contribution in [2.24, 2.45) is 0 Å². The molecular weight excluding hydrogens is 286 g/mol. The molecule has 1 N–H and O–H groups in total. The maximum atomic E-state index is 13.1. The highest BCUT2D eigenvalue weighted by Crippen LogP contribution is 2.13. The van der Waals surface area contributed by atoms with Crippen LogP contribution in [0, 0.1) is 11.6 Å². The van der Waals surface area contributed by atoms with Crippen LogP contribution in [0.2, 0.25) is 0 Å². The molecular formula is C17H18F2N2O. The number of halogens is 2. The van der Waals surface area contributed by atoms with E-state index in [4.69, 9.17) is 0 Å². The number of hydrogen-bond donors (Lipinski definition) is 1. The molecule has 0 bridgehead atoms. The van der Waals surface area contributed by atoms with E-state index in [1.54, 1.807) is 7.05 Å². The van der Waals surface area contributed by atoms with Gasteiger partial charge in [0, 0.05) is 25.3 Å². The molecule has 0 heterocycles. The number of rotatable bonds is 5. The van der Waals surface area contributed by atoms with E-state index >= 15 is 0 Å². The SMILES string of the molecule is CN(CCCc1ccccc1)C(=O)Nc1ccc(F)c(F)c1. The maximum Gasteiger partial charge on any atom is 0.321 e. The fraction of sp³-hybridized carbons (Fsp3) is 0.235. The van der Waals surface area contributed by atoms with Crippen LogP contribution >= 0.6 is 0 Å². The zero-order valence-corrected chi connectivity index (χ0v) is 12.4. The molecule has 116 valence electrons. The number of aryl methyl sites for hydroxylation is 1. The third-order valence-electron chi connectivity index (χ3n) is 3.32. The van der Waals surface area contributed by atoms with Crippen molar-refractivity contribution in [3.63, 3.8) is 0 Å². The van der Waals surface area contributed by atoms with Gasteiger partial charge in [0.25, 0.3) is 0 Å². The molecule has 0 saturated carbocycles. The lowest BCUT2D eigenvalue weighted by atomic mass is 10.1. The predicted molar refractivity (Wildman–Crippen MR) is 82.8 cm³/mol. The molecule has 0 aliphatic carbocycles. The summed E-state index contributed by atoms with van der Waals surface area (Å²) in [6, 6.07) is 12.9. The molecule has 0 atom stereocenters. The number of nitrogens with one attached hydrogen (secondary N) is 1. The molecule has 0 aliphatic heterocycles. The Kier molecular flexibility index (Phi) is 5.47. The van der Waals surface area contributed by atoms with Gasteiger partial charge in [0.1, 0.15) is 0 Å². The van der Waals surface area contributed by atoms with Crippen molar-refractivity contribution in [1.29, 1.82) is 0 Å². The highest BCUT2D eigenvalue weighted by molar-refractivity contribution is 5.89.